The monoisotopic (exact) mass is 394 g/mol. The Morgan fingerprint density at radius 3 is 2.61 bits per heavy atom. The molecular formula is C22H15ClO5. The van der Waals surface area contributed by atoms with Gasteiger partial charge in [0.15, 0.2) is 18.1 Å². The smallest absolute Gasteiger partial charge is 0.232 e. The lowest BCUT2D eigenvalue weighted by molar-refractivity contribution is 0.0921. The van der Waals surface area contributed by atoms with Crippen LogP contribution in [0.4, 0.5) is 0 Å². The van der Waals surface area contributed by atoms with Gasteiger partial charge in [-0.2, -0.15) is 0 Å². The first-order valence-corrected chi connectivity index (χ1v) is 8.94. The number of carbonyl (C=O) groups excluding carboxylic acids is 2. The number of hydrogen-bond donors (Lipinski definition) is 0. The zero-order valence-electron chi connectivity index (χ0n) is 14.9. The summed E-state index contributed by atoms with van der Waals surface area (Å²) in [6.07, 6.45) is 1.56. The quantitative estimate of drug-likeness (QED) is 0.444. The normalized spacial score (nSPS) is 14.1. The summed E-state index contributed by atoms with van der Waals surface area (Å²) in [7, 11) is 0. The van der Waals surface area contributed by atoms with Crippen molar-refractivity contribution in [2.45, 2.75) is 6.92 Å². The van der Waals surface area contributed by atoms with Crippen LogP contribution in [0.1, 0.15) is 32.2 Å². The summed E-state index contributed by atoms with van der Waals surface area (Å²) in [6, 6.07) is 15.0. The molecule has 6 heteroatoms. The van der Waals surface area contributed by atoms with Crippen LogP contribution in [-0.2, 0) is 0 Å². The van der Waals surface area contributed by atoms with Gasteiger partial charge < -0.3 is 13.9 Å². The predicted octanol–water partition coefficient (Wildman–Crippen LogP) is 5.12. The van der Waals surface area contributed by atoms with E-state index in [2.05, 4.69) is 0 Å². The minimum Gasteiger partial charge on any atom is -0.485 e. The van der Waals surface area contributed by atoms with Gasteiger partial charge >= 0.3 is 0 Å². The number of fused-ring (bicyclic) bond motifs is 1. The number of hydrogen-bond acceptors (Lipinski definition) is 5. The molecule has 0 radical (unpaired) electrons. The van der Waals surface area contributed by atoms with E-state index in [1.165, 1.54) is 0 Å². The van der Waals surface area contributed by atoms with Crippen molar-refractivity contribution in [3.8, 4) is 11.5 Å². The van der Waals surface area contributed by atoms with Crippen molar-refractivity contribution >= 4 is 29.2 Å². The highest BCUT2D eigenvalue weighted by Gasteiger charge is 2.28. The van der Waals surface area contributed by atoms with Crippen LogP contribution in [0, 0.1) is 6.92 Å². The molecule has 0 saturated heterocycles. The summed E-state index contributed by atoms with van der Waals surface area (Å²) < 4.78 is 16.7. The molecule has 1 aliphatic rings. The maximum Gasteiger partial charge on any atom is 0.232 e. The van der Waals surface area contributed by atoms with Crippen LogP contribution in [0.5, 0.6) is 11.5 Å². The Balaban J connectivity index is 1.46. The maximum atomic E-state index is 12.5. The molecule has 0 aliphatic carbocycles. The van der Waals surface area contributed by atoms with E-state index in [4.69, 9.17) is 25.5 Å². The zero-order valence-corrected chi connectivity index (χ0v) is 15.7. The molecule has 28 heavy (non-hydrogen) atoms. The number of furan rings is 1. The standard InChI is InChI=1S/C22H15ClO5/c1-13-2-7-17(27-13)11-21-22(25)18-9-8-16(10-20(18)28-21)26-12-19(24)14-3-5-15(23)6-4-14/h2-11H,12H2,1H3/b21-11+. The third kappa shape index (κ3) is 3.70. The molecule has 1 aromatic heterocycles. The van der Waals surface area contributed by atoms with Gasteiger partial charge in [0.25, 0.3) is 0 Å². The summed E-state index contributed by atoms with van der Waals surface area (Å²) >= 11 is 5.82. The molecule has 5 nitrogen and oxygen atoms in total. The van der Waals surface area contributed by atoms with E-state index >= 15 is 0 Å². The summed E-state index contributed by atoms with van der Waals surface area (Å²) in [6.45, 7) is 1.69. The van der Waals surface area contributed by atoms with Gasteiger partial charge in [0.2, 0.25) is 5.78 Å². The van der Waals surface area contributed by atoms with Crippen LogP contribution in [-0.4, -0.2) is 18.2 Å². The van der Waals surface area contributed by atoms with Crippen molar-refractivity contribution in [3.05, 3.63) is 88.0 Å². The van der Waals surface area contributed by atoms with Crippen molar-refractivity contribution in [3.63, 3.8) is 0 Å². The summed E-state index contributed by atoms with van der Waals surface area (Å²) in [5, 5.41) is 0.562. The number of halogens is 1. The molecule has 0 spiro atoms. The predicted molar refractivity (Wildman–Crippen MR) is 104 cm³/mol. The molecule has 4 rings (SSSR count). The SMILES string of the molecule is Cc1ccc(/C=C2/Oc3cc(OCC(=O)c4ccc(Cl)cc4)ccc3C2=O)o1. The van der Waals surface area contributed by atoms with E-state index in [0.29, 0.717) is 33.4 Å². The van der Waals surface area contributed by atoms with E-state index < -0.39 is 0 Å². The first-order chi connectivity index (χ1) is 13.5. The highest BCUT2D eigenvalue weighted by molar-refractivity contribution is 6.30. The highest BCUT2D eigenvalue weighted by Crippen LogP contribution is 2.35. The average molecular weight is 395 g/mol. The molecule has 0 saturated carbocycles. The first-order valence-electron chi connectivity index (χ1n) is 8.56. The zero-order chi connectivity index (χ0) is 19.7. The lowest BCUT2D eigenvalue weighted by atomic mass is 10.1. The molecule has 3 aromatic rings. The summed E-state index contributed by atoms with van der Waals surface area (Å²) in [4.78, 5) is 24.7. The third-order valence-corrected chi connectivity index (χ3v) is 4.46. The lowest BCUT2D eigenvalue weighted by Gasteiger charge is -2.07. The Hall–Kier alpha value is -3.31. The second kappa shape index (κ2) is 7.37. The number of ketones is 2. The molecule has 0 N–H and O–H groups in total. The minimum atomic E-state index is -0.229. The summed E-state index contributed by atoms with van der Waals surface area (Å²) in [5.74, 6) is 1.88. The lowest BCUT2D eigenvalue weighted by Crippen LogP contribution is -2.11. The Morgan fingerprint density at radius 1 is 1.11 bits per heavy atom. The number of benzene rings is 2. The number of carbonyl (C=O) groups is 2. The maximum absolute atomic E-state index is 12.5. The van der Waals surface area contributed by atoms with Crippen molar-refractivity contribution in [2.75, 3.05) is 6.61 Å². The van der Waals surface area contributed by atoms with Crippen LogP contribution < -0.4 is 9.47 Å². The molecule has 0 bridgehead atoms. The van der Waals surface area contributed by atoms with E-state index in [-0.39, 0.29) is 23.9 Å². The van der Waals surface area contributed by atoms with Gasteiger partial charge in [-0.25, -0.2) is 0 Å². The number of aryl methyl sites for hydroxylation is 1. The molecule has 0 fully saturated rings. The fraction of sp³-hybridized carbons (Fsp3) is 0.0909. The first kappa shape index (κ1) is 18.1. The van der Waals surface area contributed by atoms with Crippen molar-refractivity contribution in [1.82, 2.24) is 0 Å². The summed E-state index contributed by atoms with van der Waals surface area (Å²) in [5.41, 5.74) is 0.946. The number of ether oxygens (including phenoxy) is 2. The number of Topliss-reactive ketones (excluding diaryl/α,β-unsaturated/α-hetero) is 2. The molecule has 140 valence electrons. The average Bonchev–Trinajstić information content (AvgIpc) is 3.23. The van der Waals surface area contributed by atoms with E-state index in [9.17, 15) is 9.59 Å². The minimum absolute atomic E-state index is 0.136. The molecule has 2 aromatic carbocycles. The molecular weight excluding hydrogens is 380 g/mol. The van der Waals surface area contributed by atoms with Crippen molar-refractivity contribution in [2.24, 2.45) is 0 Å². The van der Waals surface area contributed by atoms with Crippen LogP contribution in [0.2, 0.25) is 5.02 Å². The second-order valence-electron chi connectivity index (χ2n) is 6.26. The van der Waals surface area contributed by atoms with Crippen LogP contribution in [0.15, 0.2) is 64.8 Å². The number of rotatable bonds is 5. The van der Waals surface area contributed by atoms with Gasteiger partial charge in [-0.3, -0.25) is 9.59 Å². The third-order valence-electron chi connectivity index (χ3n) is 4.21. The van der Waals surface area contributed by atoms with Crippen molar-refractivity contribution < 1.29 is 23.5 Å². The Labute approximate surface area is 166 Å². The van der Waals surface area contributed by atoms with Crippen LogP contribution >= 0.6 is 11.6 Å². The fourth-order valence-corrected chi connectivity index (χ4v) is 2.91. The fourth-order valence-electron chi connectivity index (χ4n) is 2.79. The highest BCUT2D eigenvalue weighted by atomic mass is 35.5. The topological polar surface area (TPSA) is 65.7 Å². The Morgan fingerprint density at radius 2 is 1.89 bits per heavy atom. The van der Waals surface area contributed by atoms with Gasteiger partial charge in [-0.15, -0.1) is 0 Å². The molecule has 1 aliphatic heterocycles. The van der Waals surface area contributed by atoms with Crippen molar-refractivity contribution in [1.29, 1.82) is 0 Å². The van der Waals surface area contributed by atoms with E-state index in [1.54, 1.807) is 54.6 Å². The largest absolute Gasteiger partial charge is 0.485 e. The molecule has 0 unspecified atom stereocenters. The molecule has 2 heterocycles. The van der Waals surface area contributed by atoms with Gasteiger partial charge in [-0.05, 0) is 55.5 Å². The van der Waals surface area contributed by atoms with Gasteiger partial charge in [0.1, 0.15) is 23.0 Å². The second-order valence-corrected chi connectivity index (χ2v) is 6.70. The van der Waals surface area contributed by atoms with E-state index in [0.717, 1.165) is 5.76 Å². The van der Waals surface area contributed by atoms with Gasteiger partial charge in [-0.1, -0.05) is 11.6 Å². The molecule has 0 amide bonds. The van der Waals surface area contributed by atoms with Crippen LogP contribution in [0.3, 0.4) is 0 Å². The Bertz CT molecular complexity index is 1090. The van der Waals surface area contributed by atoms with Crippen LogP contribution in [0.25, 0.3) is 6.08 Å². The molecule has 0 atom stereocenters. The van der Waals surface area contributed by atoms with Gasteiger partial charge in [0.05, 0.1) is 5.56 Å². The number of allylic oxidation sites excluding steroid dienone is 1. The Kier molecular flexibility index (Phi) is 4.75. The van der Waals surface area contributed by atoms with E-state index in [1.807, 2.05) is 13.0 Å². The van der Waals surface area contributed by atoms with Gasteiger partial charge in [0, 0.05) is 22.7 Å².